The number of rotatable bonds is 1. The van der Waals surface area contributed by atoms with Crippen LogP contribution in [0.4, 0.5) is 0 Å². The molecule has 0 N–H and O–H groups in total. The summed E-state index contributed by atoms with van der Waals surface area (Å²) in [7, 11) is -1.36. The minimum Gasteiger partial charge on any atom is -0.295 e. The average molecular weight is 196 g/mol. The number of carbonyl (C=O) groups excluding carboxylic acids is 1. The highest BCUT2D eigenvalue weighted by atomic mass is 28.3. The van der Waals surface area contributed by atoms with Gasteiger partial charge in [0.05, 0.1) is 8.07 Å². The fraction of sp³-hybridized carbons (Fsp3) is 0.727. The summed E-state index contributed by atoms with van der Waals surface area (Å²) in [6.07, 6.45) is 7.71. The van der Waals surface area contributed by atoms with Crippen LogP contribution < -0.4 is 0 Å². The molecule has 0 aromatic carbocycles. The Balaban J connectivity index is 2.82. The molecule has 0 aliphatic heterocycles. The van der Waals surface area contributed by atoms with E-state index in [9.17, 15) is 4.79 Å². The van der Waals surface area contributed by atoms with Crippen LogP contribution in [0.2, 0.25) is 19.6 Å². The van der Waals surface area contributed by atoms with Gasteiger partial charge in [-0.25, -0.2) is 0 Å². The second kappa shape index (κ2) is 4.23. The first-order valence-corrected chi connectivity index (χ1v) is 8.75. The summed E-state index contributed by atoms with van der Waals surface area (Å²) < 4.78 is 0. The predicted molar refractivity (Wildman–Crippen MR) is 59.5 cm³/mol. The van der Waals surface area contributed by atoms with Crippen LogP contribution >= 0.6 is 0 Å². The van der Waals surface area contributed by atoms with E-state index in [0.717, 1.165) is 19.3 Å². The van der Waals surface area contributed by atoms with E-state index in [4.69, 9.17) is 0 Å². The molecule has 0 amide bonds. The van der Waals surface area contributed by atoms with Crippen molar-refractivity contribution < 1.29 is 4.79 Å². The summed E-state index contributed by atoms with van der Waals surface area (Å²) in [6.45, 7) is 6.79. The van der Waals surface area contributed by atoms with E-state index in [2.05, 4.69) is 25.7 Å². The van der Waals surface area contributed by atoms with Crippen molar-refractivity contribution in [3.8, 4) is 0 Å². The predicted octanol–water partition coefficient (Wildman–Crippen LogP) is 3.32. The maximum atomic E-state index is 11.8. The molecule has 0 aromatic rings. The number of ketones is 1. The van der Waals surface area contributed by atoms with Crippen molar-refractivity contribution >= 4 is 13.9 Å². The van der Waals surface area contributed by atoms with Crippen LogP contribution in [0.25, 0.3) is 0 Å². The lowest BCUT2D eigenvalue weighted by Gasteiger charge is -2.21. The smallest absolute Gasteiger partial charge is 0.154 e. The van der Waals surface area contributed by atoms with E-state index in [0.29, 0.717) is 5.78 Å². The average Bonchev–Trinajstić information content (AvgIpc) is 1.94. The maximum Gasteiger partial charge on any atom is 0.154 e. The maximum absolute atomic E-state index is 11.8. The Morgan fingerprint density at radius 1 is 1.15 bits per heavy atom. The Kier molecular flexibility index (Phi) is 3.48. The molecule has 0 bridgehead atoms. The van der Waals surface area contributed by atoms with E-state index in [1.54, 1.807) is 0 Å². The fourth-order valence-electron chi connectivity index (χ4n) is 1.83. The second-order valence-electron chi connectivity index (χ2n) is 4.89. The summed E-state index contributed by atoms with van der Waals surface area (Å²) >= 11 is 0. The Labute approximate surface area is 82.2 Å². The van der Waals surface area contributed by atoms with Gasteiger partial charge in [-0.3, -0.25) is 4.79 Å². The Morgan fingerprint density at radius 3 is 2.46 bits per heavy atom. The molecule has 2 heteroatoms. The topological polar surface area (TPSA) is 17.1 Å². The van der Waals surface area contributed by atoms with Gasteiger partial charge in [0.2, 0.25) is 0 Å². The number of allylic oxidation sites excluding steroid dienone is 2. The summed E-state index contributed by atoms with van der Waals surface area (Å²) in [5.41, 5.74) is 0. The third kappa shape index (κ3) is 3.11. The quantitative estimate of drug-likeness (QED) is 0.588. The monoisotopic (exact) mass is 196 g/mol. The zero-order chi connectivity index (χ0) is 9.90. The second-order valence-corrected chi connectivity index (χ2v) is 9.93. The molecular weight excluding hydrogens is 176 g/mol. The van der Waals surface area contributed by atoms with Gasteiger partial charge in [0.25, 0.3) is 0 Å². The van der Waals surface area contributed by atoms with Gasteiger partial charge >= 0.3 is 0 Å². The van der Waals surface area contributed by atoms with Gasteiger partial charge in [0, 0.05) is 6.42 Å². The molecule has 0 unspecified atom stereocenters. The number of carbonyl (C=O) groups is 1. The highest BCUT2D eigenvalue weighted by molar-refractivity contribution is 6.87. The minimum atomic E-state index is -1.36. The third-order valence-corrected chi connectivity index (χ3v) is 4.66. The van der Waals surface area contributed by atoms with Crippen LogP contribution in [0.5, 0.6) is 0 Å². The first-order valence-electron chi connectivity index (χ1n) is 5.25. The van der Waals surface area contributed by atoms with Gasteiger partial charge < -0.3 is 0 Å². The molecule has 0 atom stereocenters. The first kappa shape index (κ1) is 10.7. The zero-order valence-corrected chi connectivity index (χ0v) is 10.0. The summed E-state index contributed by atoms with van der Waals surface area (Å²) in [5, 5.41) is 1.19. The van der Waals surface area contributed by atoms with Crippen molar-refractivity contribution in [2.75, 3.05) is 0 Å². The van der Waals surface area contributed by atoms with E-state index in [1.165, 1.54) is 18.0 Å². The largest absolute Gasteiger partial charge is 0.295 e. The van der Waals surface area contributed by atoms with Crippen molar-refractivity contribution in [1.82, 2.24) is 0 Å². The van der Waals surface area contributed by atoms with Crippen molar-refractivity contribution in [3.63, 3.8) is 0 Å². The molecule has 1 rings (SSSR count). The molecular formula is C11H20OSi. The van der Waals surface area contributed by atoms with Gasteiger partial charge in [-0.2, -0.15) is 0 Å². The SMILES string of the molecule is C[Si](C)(C)/C1=C/CCCCCC1=O. The molecule has 1 aliphatic rings. The number of hydrogen-bond acceptors (Lipinski definition) is 1. The minimum absolute atomic E-state index is 0.430. The van der Waals surface area contributed by atoms with E-state index in [-0.39, 0.29) is 0 Å². The molecule has 0 saturated carbocycles. The molecule has 0 heterocycles. The molecule has 1 nitrogen and oxygen atoms in total. The Hall–Kier alpha value is -0.373. The van der Waals surface area contributed by atoms with E-state index >= 15 is 0 Å². The summed E-state index contributed by atoms with van der Waals surface area (Å²) in [6, 6.07) is 0. The van der Waals surface area contributed by atoms with Gasteiger partial charge in [0.15, 0.2) is 5.78 Å². The van der Waals surface area contributed by atoms with Crippen LogP contribution in [0, 0.1) is 0 Å². The van der Waals surface area contributed by atoms with Crippen LogP contribution in [0.15, 0.2) is 11.3 Å². The van der Waals surface area contributed by atoms with Crippen molar-refractivity contribution in [2.45, 2.75) is 51.7 Å². The third-order valence-electron chi connectivity index (χ3n) is 2.56. The van der Waals surface area contributed by atoms with E-state index in [1.807, 2.05) is 0 Å². The van der Waals surface area contributed by atoms with Gasteiger partial charge in [-0.05, 0) is 24.5 Å². The van der Waals surface area contributed by atoms with Gasteiger partial charge in [-0.15, -0.1) is 0 Å². The standard InChI is InChI=1S/C11H20OSi/c1-13(2,3)11-9-7-5-4-6-8-10(11)12/h9H,4-8H2,1-3H3/b11-9+. The summed E-state index contributed by atoms with van der Waals surface area (Å²) in [4.78, 5) is 11.8. The fourth-order valence-corrected chi connectivity index (χ4v) is 3.54. The normalized spacial score (nSPS) is 24.5. The highest BCUT2D eigenvalue weighted by Gasteiger charge is 2.25. The molecule has 13 heavy (non-hydrogen) atoms. The van der Waals surface area contributed by atoms with Crippen molar-refractivity contribution in [2.24, 2.45) is 0 Å². The lowest BCUT2D eigenvalue weighted by atomic mass is 10.1. The Bertz CT molecular complexity index is 223. The molecule has 1 aliphatic carbocycles. The van der Waals surface area contributed by atoms with Crippen LogP contribution in [0.3, 0.4) is 0 Å². The van der Waals surface area contributed by atoms with Crippen LogP contribution in [0.1, 0.15) is 32.1 Å². The lowest BCUT2D eigenvalue weighted by Crippen LogP contribution is -2.30. The highest BCUT2D eigenvalue weighted by Crippen LogP contribution is 2.22. The molecule has 0 radical (unpaired) electrons. The van der Waals surface area contributed by atoms with Gasteiger partial charge in [0.1, 0.15) is 0 Å². The number of Topliss-reactive ketones (excluding diaryl/α,β-unsaturated/α-hetero) is 1. The van der Waals surface area contributed by atoms with Crippen LogP contribution in [-0.2, 0) is 4.79 Å². The van der Waals surface area contributed by atoms with Crippen molar-refractivity contribution in [1.29, 1.82) is 0 Å². The van der Waals surface area contributed by atoms with Crippen LogP contribution in [-0.4, -0.2) is 13.9 Å². The van der Waals surface area contributed by atoms with Gasteiger partial charge in [-0.1, -0.05) is 32.1 Å². The first-order chi connectivity index (χ1) is 6.02. The molecule has 0 spiro atoms. The molecule has 0 fully saturated rings. The Morgan fingerprint density at radius 2 is 1.85 bits per heavy atom. The molecule has 0 aromatic heterocycles. The summed E-state index contributed by atoms with van der Waals surface area (Å²) in [5.74, 6) is 0.430. The molecule has 0 saturated heterocycles. The van der Waals surface area contributed by atoms with E-state index < -0.39 is 8.07 Å². The van der Waals surface area contributed by atoms with Crippen molar-refractivity contribution in [3.05, 3.63) is 11.3 Å². The number of hydrogen-bond donors (Lipinski definition) is 0. The zero-order valence-electron chi connectivity index (χ0n) is 9.02. The molecule has 74 valence electrons. The lowest BCUT2D eigenvalue weighted by molar-refractivity contribution is -0.115.